The van der Waals surface area contributed by atoms with Crippen LogP contribution in [0.1, 0.15) is 40.4 Å². The molecule has 4 rings (SSSR count). The molecular weight excluding hydrogens is 312 g/mol. The van der Waals surface area contributed by atoms with Gasteiger partial charge in [-0.1, -0.05) is 24.3 Å². The number of fused-ring (bicyclic) bond motifs is 1. The van der Waals surface area contributed by atoms with Crippen molar-refractivity contribution in [2.45, 2.75) is 25.3 Å². The van der Waals surface area contributed by atoms with E-state index >= 15 is 0 Å². The first-order valence-electron chi connectivity index (χ1n) is 8.53. The minimum Gasteiger partial charge on any atom is -0.335 e. The fourth-order valence-corrected chi connectivity index (χ4v) is 3.54. The molecule has 1 unspecified atom stereocenters. The Hall–Kier alpha value is -2.95. The lowest BCUT2D eigenvalue weighted by atomic mass is 9.87. The van der Waals surface area contributed by atoms with E-state index in [0.29, 0.717) is 5.56 Å². The molecule has 0 spiro atoms. The predicted octanol–water partition coefficient (Wildman–Crippen LogP) is 3.42. The highest BCUT2D eigenvalue weighted by Gasteiger charge is 2.27. The average molecular weight is 332 g/mol. The molecule has 0 radical (unpaired) electrons. The number of carbonyl (C=O) groups excluding carboxylic acids is 1. The average Bonchev–Trinajstić information content (AvgIpc) is 3.21. The maximum absolute atomic E-state index is 12.9. The molecule has 25 heavy (non-hydrogen) atoms. The Balaban J connectivity index is 1.57. The number of carbonyl (C=O) groups is 1. The summed E-state index contributed by atoms with van der Waals surface area (Å²) in [6.45, 7) is 0. The van der Waals surface area contributed by atoms with Crippen molar-refractivity contribution in [2.75, 3.05) is 7.05 Å². The van der Waals surface area contributed by atoms with Gasteiger partial charge in [-0.15, -0.1) is 0 Å². The normalized spacial score (nSPS) is 16.3. The van der Waals surface area contributed by atoms with Crippen molar-refractivity contribution in [3.05, 3.63) is 78.0 Å². The number of nitrogens with zero attached hydrogens (tertiary/aromatic N) is 4. The monoisotopic (exact) mass is 332 g/mol. The molecule has 0 aliphatic heterocycles. The highest BCUT2D eigenvalue weighted by atomic mass is 16.2. The minimum atomic E-state index is 0.00591. The van der Waals surface area contributed by atoms with Crippen molar-refractivity contribution in [3.63, 3.8) is 0 Å². The largest absolute Gasteiger partial charge is 0.335 e. The standard InChI is InChI=1S/C20H20N4O/c1-23(18-8-4-6-15-5-2-3-7-17(15)18)20(25)16-9-10-19(22-13-16)24-12-11-21-14-24/h2-3,5,7,9-14,18H,4,6,8H2,1H3. The SMILES string of the molecule is CN(C(=O)c1ccc(-n2ccnc2)nc1)C1CCCc2ccccc21. The van der Waals surface area contributed by atoms with E-state index in [-0.39, 0.29) is 11.9 Å². The Morgan fingerprint density at radius 1 is 1.24 bits per heavy atom. The van der Waals surface area contributed by atoms with Crippen LogP contribution in [0.25, 0.3) is 5.82 Å². The van der Waals surface area contributed by atoms with Crippen LogP contribution < -0.4 is 0 Å². The number of imidazole rings is 1. The van der Waals surface area contributed by atoms with Gasteiger partial charge in [0.1, 0.15) is 12.1 Å². The molecule has 1 atom stereocenters. The van der Waals surface area contributed by atoms with Crippen molar-refractivity contribution < 1.29 is 4.79 Å². The van der Waals surface area contributed by atoms with Crippen molar-refractivity contribution >= 4 is 5.91 Å². The number of hydrogen-bond acceptors (Lipinski definition) is 3. The van der Waals surface area contributed by atoms with Crippen LogP contribution in [0, 0.1) is 0 Å². The maximum atomic E-state index is 12.9. The van der Waals surface area contributed by atoms with Gasteiger partial charge in [0.15, 0.2) is 0 Å². The second-order valence-electron chi connectivity index (χ2n) is 6.40. The van der Waals surface area contributed by atoms with E-state index in [1.165, 1.54) is 11.1 Å². The van der Waals surface area contributed by atoms with Crippen molar-refractivity contribution in [3.8, 4) is 5.82 Å². The topological polar surface area (TPSA) is 51.0 Å². The number of pyridine rings is 1. The molecule has 0 saturated carbocycles. The Morgan fingerprint density at radius 3 is 2.88 bits per heavy atom. The number of benzene rings is 1. The third kappa shape index (κ3) is 2.93. The molecule has 5 nitrogen and oxygen atoms in total. The Labute approximate surface area is 147 Å². The summed E-state index contributed by atoms with van der Waals surface area (Å²) in [5, 5.41) is 0. The van der Waals surface area contributed by atoms with Crippen molar-refractivity contribution in [1.82, 2.24) is 19.4 Å². The second kappa shape index (κ2) is 6.51. The quantitative estimate of drug-likeness (QED) is 0.738. The Kier molecular flexibility index (Phi) is 4.06. The molecule has 3 aromatic rings. The maximum Gasteiger partial charge on any atom is 0.255 e. The molecule has 1 amide bonds. The fourth-order valence-electron chi connectivity index (χ4n) is 3.54. The highest BCUT2D eigenvalue weighted by Crippen LogP contribution is 2.34. The second-order valence-corrected chi connectivity index (χ2v) is 6.40. The summed E-state index contributed by atoms with van der Waals surface area (Å²) in [7, 11) is 1.89. The van der Waals surface area contributed by atoms with E-state index in [9.17, 15) is 4.79 Å². The van der Waals surface area contributed by atoms with Crippen LogP contribution in [0.2, 0.25) is 0 Å². The first-order chi connectivity index (χ1) is 12.2. The Bertz CT molecular complexity index is 871. The molecule has 1 aliphatic rings. The first kappa shape index (κ1) is 15.6. The number of aryl methyl sites for hydroxylation is 1. The van der Waals surface area contributed by atoms with E-state index in [4.69, 9.17) is 0 Å². The van der Waals surface area contributed by atoms with Gasteiger partial charge in [-0.2, -0.15) is 0 Å². The molecular formula is C20H20N4O. The molecule has 0 saturated heterocycles. The molecule has 5 heteroatoms. The van der Waals surface area contributed by atoms with E-state index in [0.717, 1.165) is 25.1 Å². The fraction of sp³-hybridized carbons (Fsp3) is 0.250. The van der Waals surface area contributed by atoms with Crippen molar-refractivity contribution in [1.29, 1.82) is 0 Å². The zero-order valence-electron chi connectivity index (χ0n) is 14.2. The van der Waals surface area contributed by atoms with Crippen LogP contribution in [-0.4, -0.2) is 32.4 Å². The summed E-state index contributed by atoms with van der Waals surface area (Å²) in [5.74, 6) is 0.756. The van der Waals surface area contributed by atoms with Gasteiger partial charge >= 0.3 is 0 Å². The summed E-state index contributed by atoms with van der Waals surface area (Å²) >= 11 is 0. The first-order valence-corrected chi connectivity index (χ1v) is 8.53. The number of aromatic nitrogens is 3. The lowest BCUT2D eigenvalue weighted by molar-refractivity contribution is 0.0714. The molecule has 2 heterocycles. The van der Waals surface area contributed by atoms with E-state index in [1.807, 2.05) is 34.8 Å². The third-order valence-corrected chi connectivity index (χ3v) is 4.89. The van der Waals surface area contributed by atoms with Gasteiger partial charge < -0.3 is 4.90 Å². The van der Waals surface area contributed by atoms with Gasteiger partial charge in [0.25, 0.3) is 5.91 Å². The van der Waals surface area contributed by atoms with Gasteiger partial charge in [-0.05, 0) is 42.5 Å². The summed E-state index contributed by atoms with van der Waals surface area (Å²) in [6.07, 6.45) is 10.1. The van der Waals surface area contributed by atoms with Crippen molar-refractivity contribution in [2.24, 2.45) is 0 Å². The van der Waals surface area contributed by atoms with Crippen LogP contribution in [0.4, 0.5) is 0 Å². The van der Waals surface area contributed by atoms with Gasteiger partial charge in [0.05, 0.1) is 11.6 Å². The number of rotatable bonds is 3. The summed E-state index contributed by atoms with van der Waals surface area (Å²) in [5.41, 5.74) is 3.23. The molecule has 1 aliphatic carbocycles. The smallest absolute Gasteiger partial charge is 0.255 e. The zero-order valence-corrected chi connectivity index (χ0v) is 14.2. The lowest BCUT2D eigenvalue weighted by Gasteiger charge is -2.33. The summed E-state index contributed by atoms with van der Waals surface area (Å²) < 4.78 is 1.81. The van der Waals surface area contributed by atoms with Crippen LogP contribution in [-0.2, 0) is 6.42 Å². The third-order valence-electron chi connectivity index (χ3n) is 4.89. The highest BCUT2D eigenvalue weighted by molar-refractivity contribution is 5.94. The molecule has 126 valence electrons. The van der Waals surface area contributed by atoms with E-state index in [2.05, 4.69) is 34.2 Å². The molecule has 2 aromatic heterocycles. The van der Waals surface area contributed by atoms with Gasteiger partial charge in [0, 0.05) is 25.6 Å². The van der Waals surface area contributed by atoms with Gasteiger partial charge in [-0.3, -0.25) is 9.36 Å². The lowest BCUT2D eigenvalue weighted by Crippen LogP contribution is -2.33. The molecule has 0 N–H and O–H groups in total. The van der Waals surface area contributed by atoms with E-state index < -0.39 is 0 Å². The number of hydrogen-bond donors (Lipinski definition) is 0. The van der Waals surface area contributed by atoms with Gasteiger partial charge in [0.2, 0.25) is 0 Å². The van der Waals surface area contributed by atoms with Crippen LogP contribution in [0.15, 0.2) is 61.3 Å². The minimum absolute atomic E-state index is 0.00591. The summed E-state index contributed by atoms with van der Waals surface area (Å²) in [4.78, 5) is 23.2. The van der Waals surface area contributed by atoms with Crippen LogP contribution >= 0.6 is 0 Å². The molecule has 0 fully saturated rings. The molecule has 0 bridgehead atoms. The van der Waals surface area contributed by atoms with Crippen LogP contribution in [0.3, 0.4) is 0 Å². The van der Waals surface area contributed by atoms with Crippen LogP contribution in [0.5, 0.6) is 0 Å². The van der Waals surface area contributed by atoms with E-state index in [1.54, 1.807) is 18.7 Å². The zero-order chi connectivity index (χ0) is 17.2. The van der Waals surface area contributed by atoms with Gasteiger partial charge in [-0.25, -0.2) is 9.97 Å². The number of amides is 1. The molecule has 1 aromatic carbocycles. The summed E-state index contributed by atoms with van der Waals surface area (Å²) in [6, 6.07) is 12.2. The Morgan fingerprint density at radius 2 is 2.12 bits per heavy atom. The predicted molar refractivity (Wildman–Crippen MR) is 95.6 cm³/mol.